The number of fused-ring (bicyclic) bond motifs is 1. The van der Waals surface area contributed by atoms with E-state index in [9.17, 15) is 9.50 Å². The Morgan fingerprint density at radius 1 is 1.24 bits per heavy atom. The zero-order valence-electron chi connectivity index (χ0n) is 13.6. The van der Waals surface area contributed by atoms with Crippen LogP contribution in [0.5, 0.6) is 11.6 Å². The van der Waals surface area contributed by atoms with Gasteiger partial charge in [0.1, 0.15) is 23.7 Å². The van der Waals surface area contributed by atoms with Crippen LogP contribution in [0.4, 0.5) is 10.2 Å². The standard InChI is InChI=1S/C18H16FN4O2/c1-25-15-6-4-11(19)9-12(15)14-3-2-8-23(14)16-7-5-13-17(22-16)18(24)21-10-20-13/h4-7,9-10,14H,2-3,8H2,1H3/t14-/m1/s1. The van der Waals surface area contributed by atoms with Gasteiger partial charge < -0.3 is 9.64 Å². The third kappa shape index (κ3) is 2.71. The zero-order valence-corrected chi connectivity index (χ0v) is 13.6. The molecule has 4 rings (SSSR count). The summed E-state index contributed by atoms with van der Waals surface area (Å²) in [5.74, 6) is 0.607. The molecular weight excluding hydrogens is 323 g/mol. The molecule has 127 valence electrons. The minimum atomic E-state index is -0.397. The summed E-state index contributed by atoms with van der Waals surface area (Å²) in [5.41, 5.74) is 1.55. The molecule has 0 spiro atoms. The Labute approximate surface area is 143 Å². The van der Waals surface area contributed by atoms with Crippen molar-refractivity contribution in [1.29, 1.82) is 0 Å². The first-order valence-corrected chi connectivity index (χ1v) is 8.06. The van der Waals surface area contributed by atoms with E-state index in [-0.39, 0.29) is 17.4 Å². The molecule has 0 unspecified atom stereocenters. The SMILES string of the molecule is COc1ccc(F)cc1[C@H]1CCCN1c1ccc2ncnc([O])c2n1. The molecule has 3 heterocycles. The van der Waals surface area contributed by atoms with Crippen LogP contribution in [-0.4, -0.2) is 28.6 Å². The van der Waals surface area contributed by atoms with E-state index in [1.165, 1.54) is 18.5 Å². The minimum absolute atomic E-state index is 0.0599. The Morgan fingerprint density at radius 3 is 2.96 bits per heavy atom. The monoisotopic (exact) mass is 339 g/mol. The first-order chi connectivity index (χ1) is 12.2. The Bertz CT molecular complexity index is 934. The number of hydrogen-bond donors (Lipinski definition) is 0. The fraction of sp³-hybridized carbons (Fsp3) is 0.278. The lowest BCUT2D eigenvalue weighted by Gasteiger charge is -2.27. The molecule has 1 aliphatic rings. The summed E-state index contributed by atoms with van der Waals surface area (Å²) in [6, 6.07) is 8.06. The fourth-order valence-corrected chi connectivity index (χ4v) is 3.40. The molecule has 3 aromatic rings. The number of benzene rings is 1. The van der Waals surface area contributed by atoms with Gasteiger partial charge >= 0.3 is 0 Å². The molecular formula is C18H16FN4O2. The zero-order chi connectivity index (χ0) is 17.4. The van der Waals surface area contributed by atoms with Crippen LogP contribution in [0.25, 0.3) is 11.0 Å². The molecule has 0 aliphatic carbocycles. The lowest BCUT2D eigenvalue weighted by Crippen LogP contribution is -2.24. The molecule has 7 heteroatoms. The molecule has 2 aromatic heterocycles. The predicted octanol–water partition coefficient (Wildman–Crippen LogP) is 3.66. The molecule has 0 bridgehead atoms. The Morgan fingerprint density at radius 2 is 2.12 bits per heavy atom. The highest BCUT2D eigenvalue weighted by molar-refractivity contribution is 5.80. The maximum absolute atomic E-state index is 13.8. The van der Waals surface area contributed by atoms with E-state index in [1.807, 2.05) is 6.07 Å². The van der Waals surface area contributed by atoms with E-state index in [0.29, 0.717) is 17.1 Å². The summed E-state index contributed by atoms with van der Waals surface area (Å²) in [6.07, 6.45) is 3.04. The van der Waals surface area contributed by atoms with Gasteiger partial charge in [-0.25, -0.2) is 14.4 Å². The van der Waals surface area contributed by atoms with Crippen molar-refractivity contribution in [2.45, 2.75) is 18.9 Å². The highest BCUT2D eigenvalue weighted by Crippen LogP contribution is 2.40. The van der Waals surface area contributed by atoms with Crippen LogP contribution in [0, 0.1) is 5.82 Å². The predicted molar refractivity (Wildman–Crippen MR) is 89.7 cm³/mol. The van der Waals surface area contributed by atoms with E-state index in [4.69, 9.17) is 4.74 Å². The van der Waals surface area contributed by atoms with E-state index in [2.05, 4.69) is 19.9 Å². The summed E-state index contributed by atoms with van der Waals surface area (Å²) in [5, 5.41) is 11.9. The van der Waals surface area contributed by atoms with Crippen LogP contribution in [0.2, 0.25) is 0 Å². The number of hydrogen-bond acceptors (Lipinski definition) is 5. The number of pyridine rings is 1. The molecule has 1 fully saturated rings. The molecule has 0 N–H and O–H groups in total. The first kappa shape index (κ1) is 15.6. The molecule has 1 aromatic carbocycles. The van der Waals surface area contributed by atoms with Gasteiger partial charge in [-0.3, -0.25) is 5.11 Å². The highest BCUT2D eigenvalue weighted by atomic mass is 19.1. The minimum Gasteiger partial charge on any atom is -0.496 e. The van der Waals surface area contributed by atoms with Gasteiger partial charge in [0.25, 0.3) is 5.88 Å². The lowest BCUT2D eigenvalue weighted by atomic mass is 10.0. The van der Waals surface area contributed by atoms with Crippen LogP contribution >= 0.6 is 0 Å². The Balaban J connectivity index is 1.77. The maximum Gasteiger partial charge on any atom is 0.299 e. The lowest BCUT2D eigenvalue weighted by molar-refractivity contribution is 0.341. The van der Waals surface area contributed by atoms with Gasteiger partial charge in [0.05, 0.1) is 18.7 Å². The third-order valence-corrected chi connectivity index (χ3v) is 4.53. The van der Waals surface area contributed by atoms with Crippen molar-refractivity contribution in [3.8, 4) is 11.6 Å². The van der Waals surface area contributed by atoms with Gasteiger partial charge in [0, 0.05) is 12.1 Å². The number of aromatic nitrogens is 3. The summed E-state index contributed by atoms with van der Waals surface area (Å²) >= 11 is 0. The van der Waals surface area contributed by atoms with Crippen LogP contribution in [0.1, 0.15) is 24.4 Å². The summed E-state index contributed by atoms with van der Waals surface area (Å²) in [7, 11) is 1.57. The van der Waals surface area contributed by atoms with Gasteiger partial charge in [-0.05, 0) is 43.2 Å². The van der Waals surface area contributed by atoms with Crippen molar-refractivity contribution in [3.63, 3.8) is 0 Å². The van der Waals surface area contributed by atoms with E-state index in [1.54, 1.807) is 19.2 Å². The number of rotatable bonds is 3. The quantitative estimate of drug-likeness (QED) is 0.728. The van der Waals surface area contributed by atoms with Crippen molar-refractivity contribution >= 4 is 16.9 Å². The second kappa shape index (κ2) is 6.16. The van der Waals surface area contributed by atoms with Crippen molar-refractivity contribution in [2.24, 2.45) is 0 Å². The Hall–Kier alpha value is -2.96. The van der Waals surface area contributed by atoms with E-state index in [0.717, 1.165) is 24.9 Å². The van der Waals surface area contributed by atoms with Gasteiger partial charge in [0.2, 0.25) is 0 Å². The van der Waals surface area contributed by atoms with Gasteiger partial charge in [-0.2, -0.15) is 4.98 Å². The van der Waals surface area contributed by atoms with Gasteiger partial charge in [-0.1, -0.05) is 0 Å². The molecule has 1 radical (unpaired) electrons. The van der Waals surface area contributed by atoms with Crippen molar-refractivity contribution in [3.05, 3.63) is 48.0 Å². The average Bonchev–Trinajstić information content (AvgIpc) is 3.11. The molecule has 0 saturated carbocycles. The Kier molecular flexibility index (Phi) is 3.83. The van der Waals surface area contributed by atoms with Crippen LogP contribution in [0.3, 0.4) is 0 Å². The normalized spacial score (nSPS) is 17.2. The average molecular weight is 339 g/mol. The number of nitrogens with zero attached hydrogens (tertiary/aromatic N) is 4. The first-order valence-electron chi connectivity index (χ1n) is 8.06. The van der Waals surface area contributed by atoms with Crippen molar-refractivity contribution < 1.29 is 14.2 Å². The number of halogens is 1. The van der Waals surface area contributed by atoms with Crippen molar-refractivity contribution in [1.82, 2.24) is 15.0 Å². The van der Waals surface area contributed by atoms with Crippen LogP contribution in [-0.2, 0) is 5.11 Å². The van der Waals surface area contributed by atoms with Gasteiger partial charge in [-0.15, -0.1) is 0 Å². The van der Waals surface area contributed by atoms with Crippen LogP contribution in [0.15, 0.2) is 36.7 Å². The van der Waals surface area contributed by atoms with Crippen molar-refractivity contribution in [2.75, 3.05) is 18.6 Å². The number of methoxy groups -OCH3 is 1. The topological polar surface area (TPSA) is 71.0 Å². The molecule has 1 saturated heterocycles. The highest BCUT2D eigenvalue weighted by Gasteiger charge is 2.30. The molecule has 6 nitrogen and oxygen atoms in total. The molecule has 1 atom stereocenters. The summed E-state index contributed by atoms with van der Waals surface area (Å²) in [6.45, 7) is 0.769. The van der Waals surface area contributed by atoms with Gasteiger partial charge in [0.15, 0.2) is 5.52 Å². The summed E-state index contributed by atoms with van der Waals surface area (Å²) in [4.78, 5) is 14.3. The van der Waals surface area contributed by atoms with E-state index >= 15 is 0 Å². The third-order valence-electron chi connectivity index (χ3n) is 4.53. The largest absolute Gasteiger partial charge is 0.496 e. The second-order valence-electron chi connectivity index (χ2n) is 5.95. The maximum atomic E-state index is 13.8. The molecule has 0 amide bonds. The smallest absolute Gasteiger partial charge is 0.299 e. The van der Waals surface area contributed by atoms with E-state index < -0.39 is 5.88 Å². The fourth-order valence-electron chi connectivity index (χ4n) is 3.40. The molecule has 1 aliphatic heterocycles. The molecule has 25 heavy (non-hydrogen) atoms. The summed E-state index contributed by atoms with van der Waals surface area (Å²) < 4.78 is 19.2. The second-order valence-corrected chi connectivity index (χ2v) is 5.95. The number of ether oxygens (including phenoxy) is 1. The number of anilines is 1. The van der Waals surface area contributed by atoms with Crippen LogP contribution < -0.4 is 9.64 Å².